The lowest BCUT2D eigenvalue weighted by Crippen LogP contribution is -2.41. The summed E-state index contributed by atoms with van der Waals surface area (Å²) < 4.78 is 11.7. The Morgan fingerprint density at radius 2 is 1.33 bits per heavy atom. The van der Waals surface area contributed by atoms with Crippen molar-refractivity contribution in [2.24, 2.45) is 0 Å². The third kappa shape index (κ3) is 2.66. The molecule has 0 atom stereocenters. The molecule has 1 heterocycles. The molecule has 21 heavy (non-hydrogen) atoms. The maximum atomic E-state index is 13.0. The number of carbonyl (C=O) groups excluding carboxylic acids is 1. The molecule has 0 bridgehead atoms. The van der Waals surface area contributed by atoms with Crippen LogP contribution in [0.25, 0.3) is 0 Å². The smallest absolute Gasteiger partial charge is 0.261 e. The van der Waals surface area contributed by atoms with Crippen LogP contribution in [0, 0.1) is 0 Å². The molecule has 3 nitrogen and oxygen atoms in total. The molecule has 2 aromatic carbocycles. The van der Waals surface area contributed by atoms with Gasteiger partial charge in [0, 0.05) is 11.1 Å². The zero-order valence-corrected chi connectivity index (χ0v) is 11.6. The molecule has 0 fully saturated rings. The molecule has 0 aromatic heterocycles. The Labute approximate surface area is 123 Å². The van der Waals surface area contributed by atoms with Crippen LogP contribution in [0.15, 0.2) is 72.8 Å². The van der Waals surface area contributed by atoms with Gasteiger partial charge in [-0.3, -0.25) is 4.79 Å². The molecule has 0 spiro atoms. The van der Waals surface area contributed by atoms with E-state index in [9.17, 15) is 4.79 Å². The van der Waals surface area contributed by atoms with Gasteiger partial charge < -0.3 is 9.47 Å². The van der Waals surface area contributed by atoms with Crippen molar-refractivity contribution in [1.29, 1.82) is 0 Å². The Hall–Kier alpha value is -2.23. The number of ketones is 1. The molecule has 0 unspecified atom stereocenters. The summed E-state index contributed by atoms with van der Waals surface area (Å²) in [5.41, 5.74) is 1.28. The average Bonchev–Trinajstić information content (AvgIpc) is 2.83. The second kappa shape index (κ2) is 6.04. The molecule has 0 saturated carbocycles. The number of carbonyl (C=O) groups is 1. The predicted molar refractivity (Wildman–Crippen MR) is 79.9 cm³/mol. The normalized spacial score (nSPS) is 17.1. The summed E-state index contributed by atoms with van der Waals surface area (Å²) >= 11 is 0. The first kappa shape index (κ1) is 13.7. The van der Waals surface area contributed by atoms with Gasteiger partial charge in [0.1, 0.15) is 0 Å². The highest BCUT2D eigenvalue weighted by molar-refractivity contribution is 6.02. The van der Waals surface area contributed by atoms with E-state index in [4.69, 9.17) is 9.47 Å². The summed E-state index contributed by atoms with van der Waals surface area (Å²) in [4.78, 5) is 13.0. The van der Waals surface area contributed by atoms with Crippen LogP contribution in [0.4, 0.5) is 0 Å². The van der Waals surface area contributed by atoms with Crippen molar-refractivity contribution in [3.05, 3.63) is 83.9 Å². The number of benzene rings is 2. The fourth-order valence-corrected chi connectivity index (χ4v) is 2.37. The minimum absolute atomic E-state index is 0.182. The summed E-state index contributed by atoms with van der Waals surface area (Å²) in [5, 5.41) is 0. The molecule has 1 aliphatic rings. The Bertz CT molecular complexity index is 622. The van der Waals surface area contributed by atoms with Crippen LogP contribution in [0.1, 0.15) is 15.9 Å². The molecular weight excluding hydrogens is 264 g/mol. The fraction of sp³-hybridized carbons (Fsp3) is 0.167. The summed E-state index contributed by atoms with van der Waals surface area (Å²) in [6.07, 6.45) is 3.73. The lowest BCUT2D eigenvalue weighted by Gasteiger charge is -2.31. The van der Waals surface area contributed by atoms with Crippen LogP contribution in [0.3, 0.4) is 0 Å². The molecule has 0 radical (unpaired) electrons. The zero-order valence-electron chi connectivity index (χ0n) is 11.6. The van der Waals surface area contributed by atoms with Gasteiger partial charge in [-0.2, -0.15) is 0 Å². The van der Waals surface area contributed by atoms with E-state index < -0.39 is 5.79 Å². The first-order chi connectivity index (χ1) is 10.3. The van der Waals surface area contributed by atoms with E-state index in [-0.39, 0.29) is 5.78 Å². The van der Waals surface area contributed by atoms with Crippen molar-refractivity contribution in [2.45, 2.75) is 5.79 Å². The van der Waals surface area contributed by atoms with Gasteiger partial charge in [0.05, 0.1) is 13.2 Å². The van der Waals surface area contributed by atoms with Crippen LogP contribution in [-0.4, -0.2) is 19.0 Å². The summed E-state index contributed by atoms with van der Waals surface area (Å²) in [6, 6.07) is 18.5. The monoisotopic (exact) mass is 280 g/mol. The van der Waals surface area contributed by atoms with E-state index in [1.807, 2.05) is 60.7 Å². The molecule has 2 aromatic rings. The third-order valence-electron chi connectivity index (χ3n) is 3.42. The van der Waals surface area contributed by atoms with Crippen LogP contribution in [-0.2, 0) is 15.3 Å². The topological polar surface area (TPSA) is 35.5 Å². The van der Waals surface area contributed by atoms with Crippen molar-refractivity contribution in [2.75, 3.05) is 13.2 Å². The van der Waals surface area contributed by atoms with Gasteiger partial charge in [0.2, 0.25) is 5.78 Å². The van der Waals surface area contributed by atoms with Crippen LogP contribution >= 0.6 is 0 Å². The third-order valence-corrected chi connectivity index (χ3v) is 3.42. The van der Waals surface area contributed by atoms with Gasteiger partial charge in [-0.25, -0.2) is 0 Å². The Balaban J connectivity index is 2.06. The summed E-state index contributed by atoms with van der Waals surface area (Å²) in [6.45, 7) is 0.681. The minimum atomic E-state index is -1.38. The molecule has 0 saturated heterocycles. The highest BCUT2D eigenvalue weighted by atomic mass is 16.7. The van der Waals surface area contributed by atoms with Gasteiger partial charge in [-0.15, -0.1) is 0 Å². The Morgan fingerprint density at radius 3 is 1.90 bits per heavy atom. The molecule has 0 N–H and O–H groups in total. The Morgan fingerprint density at radius 1 is 0.810 bits per heavy atom. The van der Waals surface area contributed by atoms with Crippen molar-refractivity contribution in [3.8, 4) is 0 Å². The predicted octanol–water partition coefficient (Wildman–Crippen LogP) is 3.33. The van der Waals surface area contributed by atoms with Gasteiger partial charge in [-0.1, -0.05) is 72.8 Å². The molecule has 3 heteroatoms. The first-order valence-electron chi connectivity index (χ1n) is 6.91. The maximum Gasteiger partial charge on any atom is 0.261 e. The zero-order chi connectivity index (χ0) is 14.5. The molecule has 1 aliphatic heterocycles. The van der Waals surface area contributed by atoms with Gasteiger partial charge in [0.15, 0.2) is 0 Å². The Kier molecular flexibility index (Phi) is 3.95. The lowest BCUT2D eigenvalue weighted by atomic mass is 9.96. The number of rotatable bonds is 3. The van der Waals surface area contributed by atoms with E-state index in [1.165, 1.54) is 0 Å². The SMILES string of the molecule is O=C(c1ccccc1)C1(c2ccccc2)OCC=CCO1. The molecule has 0 aliphatic carbocycles. The van der Waals surface area contributed by atoms with E-state index in [1.54, 1.807) is 12.1 Å². The van der Waals surface area contributed by atoms with Crippen molar-refractivity contribution < 1.29 is 14.3 Å². The van der Waals surface area contributed by atoms with E-state index in [0.29, 0.717) is 24.3 Å². The van der Waals surface area contributed by atoms with E-state index >= 15 is 0 Å². The minimum Gasteiger partial charge on any atom is -0.335 e. The number of hydrogen-bond donors (Lipinski definition) is 0. The second-order valence-electron chi connectivity index (χ2n) is 4.77. The largest absolute Gasteiger partial charge is 0.335 e. The van der Waals surface area contributed by atoms with Gasteiger partial charge >= 0.3 is 0 Å². The fourth-order valence-electron chi connectivity index (χ4n) is 2.37. The summed E-state index contributed by atoms with van der Waals surface area (Å²) in [7, 11) is 0. The highest BCUT2D eigenvalue weighted by Crippen LogP contribution is 2.32. The standard InChI is InChI=1S/C18H16O3/c19-17(15-9-3-1-4-10-15)18(16-11-5-2-6-12-16)20-13-7-8-14-21-18/h1-12H,13-14H2. The number of ether oxygens (including phenoxy) is 2. The average molecular weight is 280 g/mol. The van der Waals surface area contributed by atoms with Gasteiger partial charge in [0.25, 0.3) is 5.79 Å². The maximum absolute atomic E-state index is 13.0. The molecule has 0 amide bonds. The number of hydrogen-bond acceptors (Lipinski definition) is 3. The summed E-state index contributed by atoms with van der Waals surface area (Å²) in [5.74, 6) is -1.57. The molecular formula is C18H16O3. The van der Waals surface area contributed by atoms with Crippen LogP contribution < -0.4 is 0 Å². The molecule has 106 valence electrons. The quantitative estimate of drug-likeness (QED) is 0.639. The van der Waals surface area contributed by atoms with Gasteiger partial charge in [-0.05, 0) is 0 Å². The first-order valence-corrected chi connectivity index (χ1v) is 6.91. The van der Waals surface area contributed by atoms with Crippen molar-refractivity contribution in [1.82, 2.24) is 0 Å². The van der Waals surface area contributed by atoms with Crippen LogP contribution in [0.5, 0.6) is 0 Å². The number of Topliss-reactive ketones (excluding diaryl/α,β-unsaturated/α-hetero) is 1. The van der Waals surface area contributed by atoms with Crippen LogP contribution in [0.2, 0.25) is 0 Å². The van der Waals surface area contributed by atoms with Crippen molar-refractivity contribution in [3.63, 3.8) is 0 Å². The van der Waals surface area contributed by atoms with E-state index in [2.05, 4.69) is 0 Å². The van der Waals surface area contributed by atoms with Crippen molar-refractivity contribution >= 4 is 5.78 Å². The molecule has 3 rings (SSSR count). The highest BCUT2D eigenvalue weighted by Gasteiger charge is 2.43. The lowest BCUT2D eigenvalue weighted by molar-refractivity contribution is -0.193. The van der Waals surface area contributed by atoms with E-state index in [0.717, 1.165) is 0 Å². The second-order valence-corrected chi connectivity index (χ2v) is 4.77.